The maximum atomic E-state index is 11.6. The first kappa shape index (κ1) is 14.0. The molecule has 0 fully saturated rings. The lowest BCUT2D eigenvalue weighted by atomic mass is 10.1. The van der Waals surface area contributed by atoms with Gasteiger partial charge < -0.3 is 9.30 Å². The van der Waals surface area contributed by atoms with E-state index in [1.165, 1.54) is 13.2 Å². The SMILES string of the molecule is COC(=O)C1=Cn2cc(-c3cccc([N+](=O)O)c3)nc2CC1. The van der Waals surface area contributed by atoms with Crippen molar-refractivity contribution in [1.82, 2.24) is 9.55 Å². The first-order valence-corrected chi connectivity index (χ1v) is 6.72. The Kier molecular flexibility index (Phi) is 3.46. The number of benzene rings is 1. The van der Waals surface area contributed by atoms with Gasteiger partial charge in [0.25, 0.3) is 4.92 Å². The molecule has 1 N–H and O–H groups in total. The van der Waals surface area contributed by atoms with Crippen molar-refractivity contribution in [2.45, 2.75) is 12.8 Å². The van der Waals surface area contributed by atoms with Gasteiger partial charge in [-0.15, -0.1) is 0 Å². The summed E-state index contributed by atoms with van der Waals surface area (Å²) in [6, 6.07) is 6.51. The molecule has 7 nitrogen and oxygen atoms in total. The van der Waals surface area contributed by atoms with Crippen LogP contribution in [0.15, 0.2) is 36.0 Å². The topological polar surface area (TPSA) is 84.4 Å². The Hall–Kier alpha value is -2.96. The molecule has 0 aliphatic carbocycles. The molecule has 7 heteroatoms. The quantitative estimate of drug-likeness (QED) is 0.694. The summed E-state index contributed by atoms with van der Waals surface area (Å²) in [4.78, 5) is 26.9. The lowest BCUT2D eigenvalue weighted by molar-refractivity contribution is -0.729. The highest BCUT2D eigenvalue weighted by atomic mass is 16.6. The van der Waals surface area contributed by atoms with Crippen molar-refractivity contribution in [3.05, 3.63) is 46.8 Å². The molecule has 0 unspecified atom stereocenters. The van der Waals surface area contributed by atoms with E-state index >= 15 is 0 Å². The molecule has 0 radical (unpaired) electrons. The smallest absolute Gasteiger partial charge is 0.335 e. The fourth-order valence-corrected chi connectivity index (χ4v) is 2.42. The number of hydrogen-bond acceptors (Lipinski definition) is 4. The molecule has 2 aromatic rings. The Balaban J connectivity index is 1.98. The zero-order valence-corrected chi connectivity index (χ0v) is 11.9. The predicted molar refractivity (Wildman–Crippen MR) is 77.3 cm³/mol. The maximum Gasteiger partial charge on any atom is 0.335 e. The van der Waals surface area contributed by atoms with Crippen molar-refractivity contribution in [2.24, 2.45) is 0 Å². The number of hydrogen-bond donors (Lipinski definition) is 1. The zero-order valence-electron chi connectivity index (χ0n) is 11.9. The van der Waals surface area contributed by atoms with Crippen molar-refractivity contribution >= 4 is 17.9 Å². The molecule has 0 bridgehead atoms. The van der Waals surface area contributed by atoms with Crippen LogP contribution >= 0.6 is 0 Å². The number of imidazole rings is 1. The summed E-state index contributed by atoms with van der Waals surface area (Å²) in [6.07, 6.45) is 4.70. The second-order valence-electron chi connectivity index (χ2n) is 4.92. The summed E-state index contributed by atoms with van der Waals surface area (Å²) in [6.45, 7) is 0. The van der Waals surface area contributed by atoms with Gasteiger partial charge in [-0.05, 0) is 6.42 Å². The van der Waals surface area contributed by atoms with Crippen molar-refractivity contribution in [2.75, 3.05) is 7.11 Å². The van der Waals surface area contributed by atoms with E-state index in [9.17, 15) is 9.70 Å². The van der Waals surface area contributed by atoms with Gasteiger partial charge in [-0.2, -0.15) is 0 Å². The number of esters is 1. The lowest BCUT2D eigenvalue weighted by Gasteiger charge is -2.12. The molecule has 0 spiro atoms. The average molecular weight is 300 g/mol. The predicted octanol–water partition coefficient (Wildman–Crippen LogP) is 2.31. The molecule has 2 heterocycles. The third-order valence-corrected chi connectivity index (χ3v) is 3.53. The second-order valence-corrected chi connectivity index (χ2v) is 4.92. The summed E-state index contributed by atoms with van der Waals surface area (Å²) in [5.41, 5.74) is 2.10. The Bertz CT molecular complexity index is 792. The number of carbonyl (C=O) groups is 1. The Morgan fingerprint density at radius 2 is 2.23 bits per heavy atom. The minimum atomic E-state index is -0.342. The molecule has 3 rings (SSSR count). The van der Waals surface area contributed by atoms with Gasteiger partial charge in [0.05, 0.1) is 23.3 Å². The molecule has 0 amide bonds. The van der Waals surface area contributed by atoms with Crippen molar-refractivity contribution in [1.29, 1.82) is 0 Å². The second kappa shape index (κ2) is 5.44. The molecule has 0 saturated heterocycles. The van der Waals surface area contributed by atoms with Gasteiger partial charge in [-0.25, -0.2) is 15.0 Å². The Morgan fingerprint density at radius 3 is 2.95 bits per heavy atom. The lowest BCUT2D eigenvalue weighted by Crippen LogP contribution is -2.12. The van der Waals surface area contributed by atoms with Gasteiger partial charge in [0.15, 0.2) is 0 Å². The number of ether oxygens (including phenoxy) is 1. The van der Waals surface area contributed by atoms with E-state index in [0.29, 0.717) is 29.7 Å². The van der Waals surface area contributed by atoms with Crippen LogP contribution in [-0.4, -0.2) is 32.8 Å². The van der Waals surface area contributed by atoms with Crippen molar-refractivity contribution < 1.29 is 19.7 Å². The van der Waals surface area contributed by atoms with Crippen LogP contribution in [0.3, 0.4) is 0 Å². The molecular formula is C15H14N3O4+. The van der Waals surface area contributed by atoms with E-state index in [-0.39, 0.29) is 16.6 Å². The van der Waals surface area contributed by atoms with Crippen molar-refractivity contribution in [3.63, 3.8) is 0 Å². The van der Waals surface area contributed by atoms with Crippen molar-refractivity contribution in [3.8, 4) is 11.3 Å². The van der Waals surface area contributed by atoms with Crippen LogP contribution in [0, 0.1) is 4.91 Å². The summed E-state index contributed by atoms with van der Waals surface area (Å²) in [5.74, 6) is 0.487. The van der Waals surface area contributed by atoms with Crippen LogP contribution < -0.4 is 0 Å². The highest BCUT2D eigenvalue weighted by Gasteiger charge is 2.20. The third kappa shape index (κ3) is 2.48. The van der Waals surface area contributed by atoms with Crippen LogP contribution in [0.4, 0.5) is 5.69 Å². The Morgan fingerprint density at radius 1 is 1.41 bits per heavy atom. The van der Waals surface area contributed by atoms with E-state index < -0.39 is 0 Å². The standard InChI is InChI=1S/C15H14N3O4/c1-22-15(19)11-5-6-14-16-13(9-17(14)8-11)10-3-2-4-12(7-10)18(20)21/h2-4,7-9H,5-6H2,1H3,(H,20,21)/q+1. The van der Waals surface area contributed by atoms with Gasteiger partial charge in [-0.1, -0.05) is 12.1 Å². The molecule has 0 saturated carbocycles. The average Bonchev–Trinajstić information content (AvgIpc) is 2.97. The number of aromatic nitrogens is 2. The summed E-state index contributed by atoms with van der Waals surface area (Å²) >= 11 is 0. The van der Waals surface area contributed by atoms with Gasteiger partial charge >= 0.3 is 11.7 Å². The number of nitrogens with zero attached hydrogens (tertiary/aromatic N) is 3. The minimum absolute atomic E-state index is 0.134. The van der Waals surface area contributed by atoms with Crippen LogP contribution in [0.5, 0.6) is 0 Å². The molecule has 22 heavy (non-hydrogen) atoms. The largest absolute Gasteiger partial charge is 0.466 e. The number of rotatable bonds is 3. The molecule has 0 atom stereocenters. The minimum Gasteiger partial charge on any atom is -0.466 e. The normalized spacial score (nSPS) is 13.2. The number of carbonyl (C=O) groups excluding carboxylic acids is 1. The van der Waals surface area contributed by atoms with E-state index in [4.69, 9.17) is 9.94 Å². The Labute approximate surface area is 126 Å². The molecule has 1 aliphatic rings. The van der Waals surface area contributed by atoms with Crippen LogP contribution in [-0.2, 0) is 16.0 Å². The first-order chi connectivity index (χ1) is 10.6. The highest BCUT2D eigenvalue weighted by Crippen LogP contribution is 2.26. The molecule has 112 valence electrons. The zero-order chi connectivity index (χ0) is 15.7. The van der Waals surface area contributed by atoms with Crippen LogP contribution in [0.2, 0.25) is 0 Å². The summed E-state index contributed by atoms with van der Waals surface area (Å²) in [5, 5.41) is 8.97. The van der Waals surface area contributed by atoms with E-state index in [1.54, 1.807) is 35.2 Å². The monoisotopic (exact) mass is 300 g/mol. The summed E-state index contributed by atoms with van der Waals surface area (Å²) < 4.78 is 6.51. The fourth-order valence-electron chi connectivity index (χ4n) is 2.42. The molecule has 1 aromatic carbocycles. The number of aryl methyl sites for hydroxylation is 1. The fraction of sp³-hybridized carbons (Fsp3) is 0.200. The van der Waals surface area contributed by atoms with E-state index in [0.717, 1.165) is 5.82 Å². The first-order valence-electron chi connectivity index (χ1n) is 6.72. The highest BCUT2D eigenvalue weighted by molar-refractivity contribution is 5.92. The van der Waals surface area contributed by atoms with Gasteiger partial charge in [0, 0.05) is 36.5 Å². The number of methoxy groups -OCH3 is 1. The van der Waals surface area contributed by atoms with Gasteiger partial charge in [0.1, 0.15) is 5.82 Å². The third-order valence-electron chi connectivity index (χ3n) is 3.53. The molecule has 1 aliphatic heterocycles. The van der Waals surface area contributed by atoms with Gasteiger partial charge in [0.2, 0.25) is 0 Å². The van der Waals surface area contributed by atoms with Crippen LogP contribution in [0.25, 0.3) is 17.5 Å². The molecular weight excluding hydrogens is 286 g/mol. The van der Waals surface area contributed by atoms with Gasteiger partial charge in [-0.3, -0.25) is 0 Å². The van der Waals surface area contributed by atoms with E-state index in [1.807, 2.05) is 0 Å². The number of fused-ring (bicyclic) bond motifs is 1. The van der Waals surface area contributed by atoms with Crippen LogP contribution in [0.1, 0.15) is 12.2 Å². The summed E-state index contributed by atoms with van der Waals surface area (Å²) in [7, 11) is 1.35. The van der Waals surface area contributed by atoms with E-state index in [2.05, 4.69) is 4.98 Å². The molecule has 1 aromatic heterocycles. The maximum absolute atomic E-state index is 11.6.